The van der Waals surface area contributed by atoms with Gasteiger partial charge in [-0.25, -0.2) is 9.37 Å². The van der Waals surface area contributed by atoms with Crippen LogP contribution in [-0.4, -0.2) is 11.3 Å². The highest BCUT2D eigenvalue weighted by Gasteiger charge is 2.16. The predicted octanol–water partition coefficient (Wildman–Crippen LogP) is 5.89. The van der Waals surface area contributed by atoms with Gasteiger partial charge in [-0.15, -0.1) is 0 Å². The van der Waals surface area contributed by atoms with Crippen LogP contribution >= 0.6 is 0 Å². The number of aldehydes is 1. The molecule has 0 saturated carbocycles. The first-order valence-electron chi connectivity index (χ1n) is 8.58. The van der Waals surface area contributed by atoms with Crippen LogP contribution in [0.25, 0.3) is 28.6 Å². The molecule has 2 nitrogen and oxygen atoms in total. The summed E-state index contributed by atoms with van der Waals surface area (Å²) in [5.74, 6) is -0.0482. The Morgan fingerprint density at radius 2 is 1.65 bits per heavy atom. The van der Waals surface area contributed by atoms with Crippen LogP contribution in [0.5, 0.6) is 0 Å². The summed E-state index contributed by atoms with van der Waals surface area (Å²) in [6, 6.07) is 18.3. The molecule has 0 aliphatic rings. The second-order valence-corrected chi connectivity index (χ2v) is 6.38. The molecule has 0 saturated heterocycles. The van der Waals surface area contributed by atoms with Crippen LogP contribution in [0.3, 0.4) is 0 Å². The van der Waals surface area contributed by atoms with E-state index in [-0.39, 0.29) is 11.7 Å². The molecule has 2 aromatic carbocycles. The third kappa shape index (κ3) is 3.77. The predicted molar refractivity (Wildman–Crippen MR) is 104 cm³/mol. The molecule has 3 aromatic rings. The normalized spacial score (nSPS) is 11.2. The number of rotatable bonds is 5. The van der Waals surface area contributed by atoms with Gasteiger partial charge in [0, 0.05) is 16.7 Å². The molecule has 3 heteroatoms. The summed E-state index contributed by atoms with van der Waals surface area (Å²) < 4.78 is 13.4. The number of pyridine rings is 1. The SMILES string of the molecule is CC(C)c1cc(-c2ccccc2)nc(-c2ccc(F)cc2)c1C=CC=O. The smallest absolute Gasteiger partial charge is 0.142 e. The lowest BCUT2D eigenvalue weighted by atomic mass is 9.91. The largest absolute Gasteiger partial charge is 0.299 e. The van der Waals surface area contributed by atoms with E-state index in [1.54, 1.807) is 18.2 Å². The zero-order valence-electron chi connectivity index (χ0n) is 14.8. The maximum atomic E-state index is 13.4. The van der Waals surface area contributed by atoms with Crippen LogP contribution < -0.4 is 0 Å². The van der Waals surface area contributed by atoms with Crippen LogP contribution in [0.1, 0.15) is 30.9 Å². The highest BCUT2D eigenvalue weighted by Crippen LogP contribution is 2.33. The molecule has 130 valence electrons. The average molecular weight is 345 g/mol. The third-order valence-electron chi connectivity index (χ3n) is 4.24. The molecule has 0 spiro atoms. The Kier molecular flexibility index (Phi) is 5.37. The van der Waals surface area contributed by atoms with E-state index in [9.17, 15) is 9.18 Å². The van der Waals surface area contributed by atoms with Crippen molar-refractivity contribution < 1.29 is 9.18 Å². The van der Waals surface area contributed by atoms with Crippen molar-refractivity contribution in [1.82, 2.24) is 4.98 Å². The van der Waals surface area contributed by atoms with Crippen molar-refractivity contribution in [2.24, 2.45) is 0 Å². The first-order chi connectivity index (χ1) is 12.6. The molecule has 0 fully saturated rings. The van der Waals surface area contributed by atoms with Crippen molar-refractivity contribution in [2.45, 2.75) is 19.8 Å². The Morgan fingerprint density at radius 3 is 2.27 bits per heavy atom. The van der Waals surface area contributed by atoms with Gasteiger partial charge < -0.3 is 0 Å². The van der Waals surface area contributed by atoms with Crippen molar-refractivity contribution in [2.75, 3.05) is 0 Å². The molecule has 0 N–H and O–H groups in total. The van der Waals surface area contributed by atoms with E-state index in [2.05, 4.69) is 19.9 Å². The minimum Gasteiger partial charge on any atom is -0.299 e. The van der Waals surface area contributed by atoms with Crippen molar-refractivity contribution >= 4 is 12.4 Å². The zero-order valence-corrected chi connectivity index (χ0v) is 14.8. The van der Waals surface area contributed by atoms with Gasteiger partial charge in [0.1, 0.15) is 12.1 Å². The van der Waals surface area contributed by atoms with Gasteiger partial charge in [0.2, 0.25) is 0 Å². The van der Waals surface area contributed by atoms with Crippen LogP contribution in [0.4, 0.5) is 4.39 Å². The van der Waals surface area contributed by atoms with Gasteiger partial charge in [0.25, 0.3) is 0 Å². The van der Waals surface area contributed by atoms with Gasteiger partial charge in [-0.1, -0.05) is 44.2 Å². The average Bonchev–Trinajstić information content (AvgIpc) is 2.67. The van der Waals surface area contributed by atoms with E-state index in [0.29, 0.717) is 0 Å². The van der Waals surface area contributed by atoms with Gasteiger partial charge in [-0.05, 0) is 54.0 Å². The van der Waals surface area contributed by atoms with Crippen LogP contribution in [0, 0.1) is 5.82 Å². The first-order valence-corrected chi connectivity index (χ1v) is 8.58. The summed E-state index contributed by atoms with van der Waals surface area (Å²) >= 11 is 0. The molecular formula is C23H20FNO. The van der Waals surface area contributed by atoms with Crippen molar-refractivity contribution in [1.29, 1.82) is 0 Å². The second-order valence-electron chi connectivity index (χ2n) is 6.38. The minimum absolute atomic E-state index is 0.242. The molecule has 3 rings (SSSR count). The van der Waals surface area contributed by atoms with Crippen molar-refractivity contribution in [3.8, 4) is 22.5 Å². The summed E-state index contributed by atoms with van der Waals surface area (Å²) in [4.78, 5) is 15.7. The maximum Gasteiger partial charge on any atom is 0.142 e. The van der Waals surface area contributed by atoms with E-state index < -0.39 is 0 Å². The number of carbonyl (C=O) groups excluding carboxylic acids is 1. The van der Waals surface area contributed by atoms with E-state index in [0.717, 1.165) is 39.9 Å². The summed E-state index contributed by atoms with van der Waals surface area (Å²) in [7, 11) is 0. The summed E-state index contributed by atoms with van der Waals surface area (Å²) in [5.41, 5.74) is 5.42. The monoisotopic (exact) mass is 345 g/mol. The molecule has 0 aliphatic carbocycles. The molecule has 1 aromatic heterocycles. The number of benzene rings is 2. The quantitative estimate of drug-likeness (QED) is 0.426. The lowest BCUT2D eigenvalue weighted by Crippen LogP contribution is -2.00. The van der Waals surface area contributed by atoms with Gasteiger partial charge in [0.05, 0.1) is 11.4 Å². The lowest BCUT2D eigenvalue weighted by Gasteiger charge is -2.17. The fourth-order valence-electron chi connectivity index (χ4n) is 2.95. The Labute approximate surface area is 153 Å². The fraction of sp³-hybridized carbons (Fsp3) is 0.130. The molecule has 0 amide bonds. The topological polar surface area (TPSA) is 30.0 Å². The van der Waals surface area contributed by atoms with Crippen LogP contribution in [0.15, 0.2) is 66.7 Å². The van der Waals surface area contributed by atoms with Gasteiger partial charge >= 0.3 is 0 Å². The minimum atomic E-state index is -0.290. The maximum absolute atomic E-state index is 13.4. The Balaban J connectivity index is 2.30. The van der Waals surface area contributed by atoms with E-state index in [4.69, 9.17) is 4.98 Å². The molecule has 0 atom stereocenters. The number of hydrogen-bond acceptors (Lipinski definition) is 2. The van der Waals surface area contributed by atoms with Crippen LogP contribution in [-0.2, 0) is 4.79 Å². The number of halogens is 1. The van der Waals surface area contributed by atoms with Crippen LogP contribution in [0.2, 0.25) is 0 Å². The first kappa shape index (κ1) is 17.7. The lowest BCUT2D eigenvalue weighted by molar-refractivity contribution is -0.104. The number of nitrogens with zero attached hydrogens (tertiary/aromatic N) is 1. The van der Waals surface area contributed by atoms with Crippen molar-refractivity contribution in [3.05, 3.63) is 83.7 Å². The standard InChI is InChI=1S/C23H20FNO/c1-16(2)21-15-22(17-7-4-3-5-8-17)25-23(20(21)9-6-14-26)18-10-12-19(24)13-11-18/h3-16H,1-2H3. The Morgan fingerprint density at radius 1 is 0.962 bits per heavy atom. The van der Waals surface area contributed by atoms with Gasteiger partial charge in [0.15, 0.2) is 0 Å². The number of carbonyl (C=O) groups is 1. The number of aromatic nitrogens is 1. The molecule has 0 radical (unpaired) electrons. The summed E-state index contributed by atoms with van der Waals surface area (Å²) in [6.45, 7) is 4.22. The second kappa shape index (κ2) is 7.87. The summed E-state index contributed by atoms with van der Waals surface area (Å²) in [6.07, 6.45) is 4.00. The molecular weight excluding hydrogens is 325 g/mol. The molecule has 0 unspecified atom stereocenters. The van der Waals surface area contributed by atoms with Gasteiger partial charge in [-0.3, -0.25) is 4.79 Å². The molecule has 0 aliphatic heterocycles. The molecule has 1 heterocycles. The number of allylic oxidation sites excluding steroid dienone is 1. The number of hydrogen-bond donors (Lipinski definition) is 0. The Bertz CT molecular complexity index is 928. The third-order valence-corrected chi connectivity index (χ3v) is 4.24. The Hall–Kier alpha value is -3.07. The molecule has 0 bridgehead atoms. The highest BCUT2D eigenvalue weighted by atomic mass is 19.1. The zero-order chi connectivity index (χ0) is 18.5. The fourth-order valence-corrected chi connectivity index (χ4v) is 2.95. The van der Waals surface area contributed by atoms with E-state index in [1.165, 1.54) is 18.2 Å². The molecule has 26 heavy (non-hydrogen) atoms. The highest BCUT2D eigenvalue weighted by molar-refractivity contribution is 5.82. The van der Waals surface area contributed by atoms with Crippen molar-refractivity contribution in [3.63, 3.8) is 0 Å². The van der Waals surface area contributed by atoms with Gasteiger partial charge in [-0.2, -0.15) is 0 Å². The summed E-state index contributed by atoms with van der Waals surface area (Å²) in [5, 5.41) is 0. The van der Waals surface area contributed by atoms with E-state index in [1.807, 2.05) is 30.3 Å². The van der Waals surface area contributed by atoms with E-state index >= 15 is 0 Å².